The summed E-state index contributed by atoms with van der Waals surface area (Å²) >= 11 is 0. The Morgan fingerprint density at radius 2 is 1.74 bits per heavy atom. The van der Waals surface area contributed by atoms with E-state index in [4.69, 9.17) is 18.9 Å². The molecule has 0 spiro atoms. The number of aryl methyl sites for hydroxylation is 1. The second-order valence-corrected chi connectivity index (χ2v) is 11.0. The zero-order valence-electron chi connectivity index (χ0n) is 23.7. The van der Waals surface area contributed by atoms with Crippen LogP contribution in [0.1, 0.15) is 41.3 Å². The number of carbonyl (C=O) groups excluding carboxylic acids is 3. The molecule has 0 radical (unpaired) electrons. The van der Waals surface area contributed by atoms with E-state index in [1.807, 2.05) is 78.3 Å². The van der Waals surface area contributed by atoms with E-state index in [0.717, 1.165) is 34.1 Å². The molecule has 3 atom stereocenters. The molecule has 3 aliphatic heterocycles. The minimum Gasteiger partial charge on any atom is -0.454 e. The lowest BCUT2D eigenvalue weighted by molar-refractivity contribution is -0.165. The van der Waals surface area contributed by atoms with Gasteiger partial charge in [-0.2, -0.15) is 0 Å². The van der Waals surface area contributed by atoms with Gasteiger partial charge in [-0.15, -0.1) is 0 Å². The molecule has 3 aromatic carbocycles. The Kier molecular flexibility index (Phi) is 6.98. The highest BCUT2D eigenvalue weighted by Crippen LogP contribution is 2.45. The topological polar surface area (TPSA) is 108 Å². The minimum atomic E-state index is -1.12. The summed E-state index contributed by atoms with van der Waals surface area (Å²) in [4.78, 5) is 42.4. The number of benzene rings is 3. The summed E-state index contributed by atoms with van der Waals surface area (Å²) in [5, 5.41) is 4.04. The van der Waals surface area contributed by atoms with E-state index in [9.17, 15) is 14.4 Å². The van der Waals surface area contributed by atoms with Crippen molar-refractivity contribution < 1.29 is 33.3 Å². The number of hydrogen-bond donors (Lipinski definition) is 1. The summed E-state index contributed by atoms with van der Waals surface area (Å²) in [6, 6.07) is 20.3. The monoisotopic (exact) mass is 581 g/mol. The smallest absolute Gasteiger partial charge is 0.411 e. The molecule has 0 saturated carbocycles. The summed E-state index contributed by atoms with van der Waals surface area (Å²) in [6.07, 6.45) is 0.867. The molecule has 43 heavy (non-hydrogen) atoms. The van der Waals surface area contributed by atoms with Crippen LogP contribution < -0.4 is 14.8 Å². The van der Waals surface area contributed by atoms with Crippen LogP contribution in [0, 0.1) is 0 Å². The van der Waals surface area contributed by atoms with Crippen LogP contribution in [-0.2, 0) is 39.1 Å². The molecule has 4 heterocycles. The molecule has 0 unspecified atom stereocenters. The van der Waals surface area contributed by atoms with Gasteiger partial charge >= 0.3 is 18.0 Å². The fourth-order valence-electron chi connectivity index (χ4n) is 6.41. The normalized spacial score (nSPS) is 20.6. The van der Waals surface area contributed by atoms with Gasteiger partial charge in [0.2, 0.25) is 6.79 Å². The number of carbonyl (C=O) groups is 3. The van der Waals surface area contributed by atoms with Crippen molar-refractivity contribution in [2.75, 3.05) is 13.3 Å². The number of para-hydroxylation sites is 1. The first-order valence-corrected chi connectivity index (χ1v) is 14.4. The van der Waals surface area contributed by atoms with Crippen molar-refractivity contribution in [3.8, 4) is 11.5 Å². The molecule has 7 rings (SSSR count). The Bertz CT molecular complexity index is 1710. The van der Waals surface area contributed by atoms with Gasteiger partial charge in [-0.1, -0.05) is 54.6 Å². The number of ether oxygens (including phenoxy) is 4. The lowest BCUT2D eigenvalue weighted by Crippen LogP contribution is -2.53. The molecule has 1 saturated heterocycles. The van der Waals surface area contributed by atoms with Crippen molar-refractivity contribution in [1.82, 2.24) is 14.8 Å². The molecule has 220 valence electrons. The summed E-state index contributed by atoms with van der Waals surface area (Å²) in [5.74, 6) is -0.286. The van der Waals surface area contributed by atoms with Crippen molar-refractivity contribution in [3.05, 3.63) is 95.2 Å². The second kappa shape index (κ2) is 11.1. The maximum Gasteiger partial charge on any atom is 0.411 e. The summed E-state index contributed by atoms with van der Waals surface area (Å²) < 4.78 is 24.6. The predicted octanol–water partition coefficient (Wildman–Crippen LogP) is 4.38. The number of fused-ring (bicyclic) bond motifs is 4. The quantitative estimate of drug-likeness (QED) is 0.273. The molecule has 1 N–H and O–H groups in total. The molecule has 0 bridgehead atoms. The highest BCUT2D eigenvalue weighted by atomic mass is 16.7. The molecule has 1 fully saturated rings. The van der Waals surface area contributed by atoms with Crippen LogP contribution in [0.15, 0.2) is 72.8 Å². The third-order valence-electron chi connectivity index (χ3n) is 8.48. The van der Waals surface area contributed by atoms with E-state index in [0.29, 0.717) is 30.0 Å². The third-order valence-corrected chi connectivity index (χ3v) is 8.48. The lowest BCUT2D eigenvalue weighted by atomic mass is 9.88. The first-order chi connectivity index (χ1) is 21.0. The van der Waals surface area contributed by atoms with Gasteiger partial charge in [-0.3, -0.25) is 4.90 Å². The highest BCUT2D eigenvalue weighted by Gasteiger charge is 2.47. The number of esters is 2. The molecule has 1 aromatic heterocycles. The Hall–Kier alpha value is -4.83. The van der Waals surface area contributed by atoms with Crippen LogP contribution in [0.3, 0.4) is 0 Å². The van der Waals surface area contributed by atoms with Gasteiger partial charge in [0.05, 0.1) is 0 Å². The van der Waals surface area contributed by atoms with Gasteiger partial charge in [0, 0.05) is 30.1 Å². The molecular weight excluding hydrogens is 550 g/mol. The zero-order valence-corrected chi connectivity index (χ0v) is 23.7. The fraction of sp³-hybridized carbons (Fsp3) is 0.303. The SMILES string of the molecule is Cn1c2c(c3ccccc31)C[C@H](C(=O)OC(=O)[C@@H]1CCCN1)N(C(=O)OCc1ccccc1)[C@@H]2c1ccc2c(c1)OCO2. The summed E-state index contributed by atoms with van der Waals surface area (Å²) in [6.45, 7) is 0.789. The standard InChI is InChI=1S/C33H31N3O7/c1-35-25-12-6-5-10-22(25)23-17-26(32(38)43-31(37)24-11-7-15-34-24)36(33(39)40-18-20-8-3-2-4-9-20)29(30(23)35)21-13-14-27-28(16-21)42-19-41-27/h2-6,8-10,12-14,16,24,26,29,34H,7,11,15,17-19H2,1H3/t24-,26+,29+/m0/s1. The van der Waals surface area contributed by atoms with E-state index >= 15 is 0 Å². The van der Waals surface area contributed by atoms with E-state index < -0.39 is 36.2 Å². The molecule has 3 aliphatic rings. The van der Waals surface area contributed by atoms with Gasteiger partial charge in [0.15, 0.2) is 11.5 Å². The van der Waals surface area contributed by atoms with Gasteiger partial charge in [0.1, 0.15) is 24.7 Å². The zero-order chi connectivity index (χ0) is 29.5. The number of nitrogens with zero attached hydrogens (tertiary/aromatic N) is 2. The van der Waals surface area contributed by atoms with Crippen LogP contribution in [0.2, 0.25) is 0 Å². The average Bonchev–Trinajstić information content (AvgIpc) is 3.80. The van der Waals surface area contributed by atoms with Crippen molar-refractivity contribution in [2.24, 2.45) is 7.05 Å². The Morgan fingerprint density at radius 1 is 0.953 bits per heavy atom. The van der Waals surface area contributed by atoms with E-state index in [1.54, 1.807) is 6.07 Å². The van der Waals surface area contributed by atoms with E-state index in [2.05, 4.69) is 5.32 Å². The van der Waals surface area contributed by atoms with Gasteiger partial charge in [-0.25, -0.2) is 14.4 Å². The van der Waals surface area contributed by atoms with E-state index in [-0.39, 0.29) is 19.8 Å². The van der Waals surface area contributed by atoms with Gasteiger partial charge in [-0.05, 0) is 54.3 Å². The Balaban J connectivity index is 1.34. The number of amides is 1. The van der Waals surface area contributed by atoms with Gasteiger partial charge in [0.25, 0.3) is 0 Å². The number of aromatic nitrogens is 1. The molecular formula is C33H31N3O7. The first-order valence-electron chi connectivity index (χ1n) is 14.4. The number of nitrogens with one attached hydrogen (secondary N) is 1. The van der Waals surface area contributed by atoms with Crippen molar-refractivity contribution in [1.29, 1.82) is 0 Å². The highest BCUT2D eigenvalue weighted by molar-refractivity contribution is 5.95. The fourth-order valence-corrected chi connectivity index (χ4v) is 6.41. The summed E-state index contributed by atoms with van der Waals surface area (Å²) in [7, 11) is 1.95. The molecule has 1 amide bonds. The van der Waals surface area contributed by atoms with Crippen molar-refractivity contribution in [2.45, 2.75) is 44.0 Å². The van der Waals surface area contributed by atoms with Crippen LogP contribution in [-0.4, -0.2) is 52.9 Å². The third kappa shape index (κ3) is 4.87. The second-order valence-electron chi connectivity index (χ2n) is 11.0. The maximum absolute atomic E-state index is 14.1. The molecule has 10 heteroatoms. The average molecular weight is 582 g/mol. The van der Waals surface area contributed by atoms with Crippen LogP contribution in [0.25, 0.3) is 10.9 Å². The van der Waals surface area contributed by atoms with E-state index in [1.165, 1.54) is 4.90 Å². The van der Waals surface area contributed by atoms with Crippen molar-refractivity contribution >= 4 is 28.9 Å². The molecule has 10 nitrogen and oxygen atoms in total. The number of hydrogen-bond acceptors (Lipinski definition) is 8. The largest absolute Gasteiger partial charge is 0.454 e. The first kappa shape index (κ1) is 27.0. The maximum atomic E-state index is 14.1. The van der Waals surface area contributed by atoms with Crippen LogP contribution >= 0.6 is 0 Å². The lowest BCUT2D eigenvalue weighted by Gasteiger charge is -2.40. The van der Waals surface area contributed by atoms with Gasteiger partial charge < -0.3 is 28.8 Å². The summed E-state index contributed by atoms with van der Waals surface area (Å²) in [5.41, 5.74) is 4.20. The number of rotatable bonds is 5. The molecule has 4 aromatic rings. The minimum absolute atomic E-state index is 0.0126. The van der Waals surface area contributed by atoms with Crippen LogP contribution in [0.4, 0.5) is 4.79 Å². The Labute approximate surface area is 248 Å². The van der Waals surface area contributed by atoms with Crippen molar-refractivity contribution in [3.63, 3.8) is 0 Å². The predicted molar refractivity (Wildman–Crippen MR) is 155 cm³/mol. The van der Waals surface area contributed by atoms with Crippen LogP contribution in [0.5, 0.6) is 11.5 Å². The molecule has 0 aliphatic carbocycles. The Morgan fingerprint density at radius 3 is 2.56 bits per heavy atom.